The van der Waals surface area contributed by atoms with Crippen LogP contribution in [0.15, 0.2) is 36.7 Å². The van der Waals surface area contributed by atoms with Crippen LogP contribution in [-0.2, 0) is 17.8 Å². The van der Waals surface area contributed by atoms with E-state index in [9.17, 15) is 4.79 Å². The van der Waals surface area contributed by atoms with Crippen LogP contribution in [0.25, 0.3) is 11.2 Å². The Labute approximate surface area is 158 Å². The van der Waals surface area contributed by atoms with Gasteiger partial charge in [-0.05, 0) is 25.5 Å². The first-order valence-electron chi connectivity index (χ1n) is 9.41. The van der Waals surface area contributed by atoms with Gasteiger partial charge in [-0.2, -0.15) is 5.10 Å². The number of nitrogens with zero attached hydrogens (tertiary/aromatic N) is 4. The number of hydrogen-bond acceptors (Lipinski definition) is 5. The van der Waals surface area contributed by atoms with Crippen LogP contribution in [0.1, 0.15) is 29.2 Å². The van der Waals surface area contributed by atoms with Gasteiger partial charge in [-0.1, -0.05) is 29.8 Å². The molecule has 27 heavy (non-hydrogen) atoms. The van der Waals surface area contributed by atoms with Gasteiger partial charge in [0.2, 0.25) is 5.91 Å². The molecule has 1 aliphatic heterocycles. The highest BCUT2D eigenvalue weighted by Crippen LogP contribution is 2.26. The number of nitrogens with one attached hydrogen (secondary N) is 2. The maximum atomic E-state index is 12.2. The fourth-order valence-corrected chi connectivity index (χ4v) is 3.50. The van der Waals surface area contributed by atoms with E-state index in [0.29, 0.717) is 25.4 Å². The van der Waals surface area contributed by atoms with Gasteiger partial charge in [0.1, 0.15) is 5.52 Å². The van der Waals surface area contributed by atoms with Gasteiger partial charge < -0.3 is 10.6 Å². The van der Waals surface area contributed by atoms with E-state index < -0.39 is 0 Å². The van der Waals surface area contributed by atoms with Crippen molar-refractivity contribution >= 4 is 17.1 Å². The summed E-state index contributed by atoms with van der Waals surface area (Å²) in [5.41, 5.74) is 4.88. The summed E-state index contributed by atoms with van der Waals surface area (Å²) in [6, 6.07) is 8.04. The minimum absolute atomic E-state index is 0.0154. The first-order valence-corrected chi connectivity index (χ1v) is 9.41. The van der Waals surface area contributed by atoms with Gasteiger partial charge in [0, 0.05) is 31.4 Å². The Balaban J connectivity index is 1.40. The molecule has 1 saturated heterocycles. The predicted octanol–water partition coefficient (Wildman–Crippen LogP) is 1.57. The van der Waals surface area contributed by atoms with E-state index in [1.807, 2.05) is 35.9 Å². The molecule has 140 valence electrons. The van der Waals surface area contributed by atoms with Crippen LogP contribution in [0.4, 0.5) is 0 Å². The molecule has 0 spiro atoms. The van der Waals surface area contributed by atoms with Gasteiger partial charge in [-0.3, -0.25) is 4.79 Å². The van der Waals surface area contributed by atoms with Crippen molar-refractivity contribution in [3.05, 3.63) is 53.5 Å². The van der Waals surface area contributed by atoms with Crippen molar-refractivity contribution in [1.82, 2.24) is 30.4 Å². The summed E-state index contributed by atoms with van der Waals surface area (Å²) in [6.07, 6.45) is 4.85. The lowest BCUT2D eigenvalue weighted by molar-refractivity contribution is -0.120. The van der Waals surface area contributed by atoms with Crippen molar-refractivity contribution in [2.24, 2.45) is 0 Å². The highest BCUT2D eigenvalue weighted by molar-refractivity contribution is 5.78. The summed E-state index contributed by atoms with van der Waals surface area (Å²) in [6.45, 7) is 5.07. The second-order valence-electron chi connectivity index (χ2n) is 7.04. The fourth-order valence-electron chi connectivity index (χ4n) is 3.50. The molecule has 0 aliphatic carbocycles. The summed E-state index contributed by atoms with van der Waals surface area (Å²) in [7, 11) is 0. The maximum Gasteiger partial charge on any atom is 0.224 e. The van der Waals surface area contributed by atoms with E-state index >= 15 is 0 Å². The Morgan fingerprint density at radius 3 is 2.85 bits per heavy atom. The molecule has 0 saturated carbocycles. The minimum atomic E-state index is 0.0154. The van der Waals surface area contributed by atoms with E-state index in [-0.39, 0.29) is 5.91 Å². The molecule has 1 aromatic carbocycles. The van der Waals surface area contributed by atoms with Gasteiger partial charge in [0.25, 0.3) is 0 Å². The summed E-state index contributed by atoms with van der Waals surface area (Å²) < 4.78 is 1.86. The average Bonchev–Trinajstić information content (AvgIpc) is 3.32. The summed E-state index contributed by atoms with van der Waals surface area (Å²) in [5.74, 6) is 0.392. The molecular weight excluding hydrogens is 340 g/mol. The molecule has 1 atom stereocenters. The third-order valence-corrected chi connectivity index (χ3v) is 4.97. The van der Waals surface area contributed by atoms with E-state index in [1.165, 1.54) is 5.56 Å². The van der Waals surface area contributed by atoms with Gasteiger partial charge >= 0.3 is 0 Å². The molecule has 1 amide bonds. The highest BCUT2D eigenvalue weighted by atomic mass is 16.1. The number of fused-ring (bicyclic) bond motifs is 1. The Morgan fingerprint density at radius 2 is 2.07 bits per heavy atom. The molecule has 4 rings (SSSR count). The fraction of sp³-hybridized carbons (Fsp3) is 0.400. The number of carbonyl (C=O) groups excluding carboxylic acids is 1. The third kappa shape index (κ3) is 3.98. The summed E-state index contributed by atoms with van der Waals surface area (Å²) in [4.78, 5) is 21.1. The number of benzene rings is 1. The van der Waals surface area contributed by atoms with Gasteiger partial charge in [-0.25, -0.2) is 14.6 Å². The van der Waals surface area contributed by atoms with Crippen LogP contribution >= 0.6 is 0 Å². The maximum absolute atomic E-state index is 12.2. The van der Waals surface area contributed by atoms with Gasteiger partial charge in [-0.15, -0.1) is 0 Å². The summed E-state index contributed by atoms with van der Waals surface area (Å²) in [5, 5.41) is 11.1. The second-order valence-corrected chi connectivity index (χ2v) is 7.04. The Morgan fingerprint density at radius 1 is 1.26 bits per heavy atom. The van der Waals surface area contributed by atoms with Gasteiger partial charge in [0.05, 0.1) is 18.7 Å². The lowest BCUT2D eigenvalue weighted by Gasteiger charge is -2.07. The average molecular weight is 364 g/mol. The topological polar surface area (TPSA) is 84.7 Å². The smallest absolute Gasteiger partial charge is 0.224 e. The number of aromatic nitrogens is 4. The Kier molecular flexibility index (Phi) is 5.11. The quantitative estimate of drug-likeness (QED) is 0.694. The molecule has 2 N–H and O–H groups in total. The molecule has 1 fully saturated rings. The molecule has 1 aliphatic rings. The van der Waals surface area contributed by atoms with E-state index in [2.05, 4.69) is 20.6 Å². The largest absolute Gasteiger partial charge is 0.354 e. The monoisotopic (exact) mass is 364 g/mol. The minimum Gasteiger partial charge on any atom is -0.354 e. The van der Waals surface area contributed by atoms with E-state index in [4.69, 9.17) is 5.10 Å². The lowest BCUT2D eigenvalue weighted by Crippen LogP contribution is -2.29. The first-order chi connectivity index (χ1) is 13.2. The Hall–Kier alpha value is -2.80. The number of aryl methyl sites for hydroxylation is 1. The molecule has 3 aromatic rings. The summed E-state index contributed by atoms with van der Waals surface area (Å²) >= 11 is 0. The van der Waals surface area contributed by atoms with Crippen molar-refractivity contribution in [2.45, 2.75) is 32.2 Å². The number of rotatable bonds is 6. The zero-order valence-corrected chi connectivity index (χ0v) is 15.5. The van der Waals surface area contributed by atoms with Crippen molar-refractivity contribution in [1.29, 1.82) is 0 Å². The van der Waals surface area contributed by atoms with Crippen LogP contribution in [0.2, 0.25) is 0 Å². The zero-order chi connectivity index (χ0) is 18.6. The van der Waals surface area contributed by atoms with Crippen LogP contribution in [0, 0.1) is 6.92 Å². The molecule has 0 bridgehead atoms. The van der Waals surface area contributed by atoms with Gasteiger partial charge in [0.15, 0.2) is 5.65 Å². The number of hydrogen-bond donors (Lipinski definition) is 2. The van der Waals surface area contributed by atoms with Crippen LogP contribution in [0.3, 0.4) is 0 Å². The van der Waals surface area contributed by atoms with E-state index in [0.717, 1.165) is 41.9 Å². The molecular formula is C20H24N6O. The van der Waals surface area contributed by atoms with Crippen molar-refractivity contribution < 1.29 is 4.79 Å². The molecule has 0 unspecified atom stereocenters. The molecule has 7 heteroatoms. The van der Waals surface area contributed by atoms with Crippen molar-refractivity contribution in [3.63, 3.8) is 0 Å². The molecule has 3 heterocycles. The normalized spacial score (nSPS) is 16.7. The van der Waals surface area contributed by atoms with E-state index in [1.54, 1.807) is 12.4 Å². The predicted molar refractivity (Wildman–Crippen MR) is 103 cm³/mol. The number of carbonyl (C=O) groups is 1. The van der Waals surface area contributed by atoms with Crippen LogP contribution < -0.4 is 10.6 Å². The SMILES string of the molecule is Cc1ccc(CC(=O)NCCn2nc([C@@H]3CCNC3)c3nccnc32)cc1. The number of amides is 1. The van der Waals surface area contributed by atoms with Crippen LogP contribution in [0.5, 0.6) is 0 Å². The lowest BCUT2D eigenvalue weighted by atomic mass is 10.0. The Bertz CT molecular complexity index is 927. The van der Waals surface area contributed by atoms with Crippen molar-refractivity contribution in [3.8, 4) is 0 Å². The highest BCUT2D eigenvalue weighted by Gasteiger charge is 2.24. The molecule has 2 aromatic heterocycles. The molecule has 0 radical (unpaired) electrons. The molecule has 7 nitrogen and oxygen atoms in total. The third-order valence-electron chi connectivity index (χ3n) is 4.97. The standard InChI is InChI=1S/C20H24N6O/c1-14-2-4-15(5-3-14)12-17(27)22-10-11-26-20-19(23-8-9-24-20)18(25-26)16-6-7-21-13-16/h2-5,8-9,16,21H,6-7,10-13H2,1H3,(H,22,27)/t16-/m1/s1. The first kappa shape index (κ1) is 17.6. The van der Waals surface area contributed by atoms with Crippen LogP contribution in [-0.4, -0.2) is 45.3 Å². The zero-order valence-electron chi connectivity index (χ0n) is 15.5. The second kappa shape index (κ2) is 7.84. The van der Waals surface area contributed by atoms with Crippen molar-refractivity contribution in [2.75, 3.05) is 19.6 Å².